The molecule has 0 atom stereocenters. The topological polar surface area (TPSA) is 6.48 Å². The van der Waals surface area contributed by atoms with E-state index in [0.717, 1.165) is 30.2 Å². The maximum atomic E-state index is 3.60. The maximum Gasteiger partial charge on any atom is 0.262 e. The van der Waals surface area contributed by atoms with Crippen LogP contribution in [-0.4, -0.2) is 97.0 Å². The van der Waals surface area contributed by atoms with E-state index in [4.69, 9.17) is 0 Å². The van der Waals surface area contributed by atoms with Gasteiger partial charge in [-0.15, -0.1) is 0 Å². The first-order valence-corrected chi connectivity index (χ1v) is 61.9. The summed E-state index contributed by atoms with van der Waals surface area (Å²) in [5.74, 6) is 0. The lowest BCUT2D eigenvalue weighted by molar-refractivity contribution is 0.972. The highest BCUT2D eigenvalue weighted by molar-refractivity contribution is 7.63. The second kappa shape index (κ2) is 18.0. The molecular formula is C46H100N2Si12. The first-order valence-electron chi connectivity index (χ1n) is 24.0. The first kappa shape index (κ1) is 55.0. The van der Waals surface area contributed by atoms with Crippen molar-refractivity contribution in [3.05, 3.63) is 60.7 Å². The molecule has 1 heterocycles. The van der Waals surface area contributed by atoms with Crippen LogP contribution in [-0.2, 0) is 0 Å². The van der Waals surface area contributed by atoms with E-state index in [1.807, 2.05) is 0 Å². The van der Waals surface area contributed by atoms with Crippen molar-refractivity contribution < 1.29 is 0 Å². The summed E-state index contributed by atoms with van der Waals surface area (Å²) in [6, 6.07) is 25.1. The van der Waals surface area contributed by atoms with Crippen molar-refractivity contribution in [3.8, 4) is 0 Å². The molecular weight excluding hydrogens is 918 g/mol. The summed E-state index contributed by atoms with van der Waals surface area (Å²) in [5, 5.41) is 0. The van der Waals surface area contributed by atoms with Gasteiger partial charge in [-0.3, -0.25) is 0 Å². The average Bonchev–Trinajstić information content (AvgIpc) is 2.95. The van der Waals surface area contributed by atoms with Gasteiger partial charge < -0.3 is 8.46 Å². The van der Waals surface area contributed by atoms with Crippen molar-refractivity contribution in [2.24, 2.45) is 0 Å². The van der Waals surface area contributed by atoms with Crippen LogP contribution < -0.4 is 8.46 Å². The highest BCUT2D eigenvalue weighted by atomic mass is 29.3. The smallest absolute Gasteiger partial charge is 0.262 e. The highest BCUT2D eigenvalue weighted by Gasteiger charge is 2.80. The molecule has 0 unspecified atom stereocenters. The van der Waals surface area contributed by atoms with E-state index in [-0.39, 0.29) is 0 Å². The van der Waals surface area contributed by atoms with E-state index in [1.165, 1.54) is 0 Å². The van der Waals surface area contributed by atoms with Gasteiger partial charge in [-0.1, -0.05) is 251 Å². The predicted octanol–water partition coefficient (Wildman–Crippen LogP) is 16.4. The second-order valence-corrected chi connectivity index (χ2v) is 98.4. The normalized spacial score (nSPS) is 17.0. The zero-order chi connectivity index (χ0) is 47.0. The zero-order valence-corrected chi connectivity index (χ0v) is 57.1. The predicted molar refractivity (Wildman–Crippen MR) is 313 cm³/mol. The summed E-state index contributed by atoms with van der Waals surface area (Å²) in [6.07, 6.45) is 0. The Morgan fingerprint density at radius 3 is 0.600 bits per heavy atom. The highest BCUT2D eigenvalue weighted by Crippen LogP contribution is 2.65. The van der Waals surface area contributed by atoms with Crippen molar-refractivity contribution in [3.63, 3.8) is 0 Å². The molecule has 1 aliphatic rings. The van der Waals surface area contributed by atoms with Crippen LogP contribution in [0.3, 0.4) is 0 Å². The molecule has 2 aromatic carbocycles. The first-order chi connectivity index (χ1) is 26.6. The van der Waals surface area contributed by atoms with Gasteiger partial charge in [0.15, 0.2) is 0 Å². The number of para-hydroxylation sites is 2. The van der Waals surface area contributed by atoms with Gasteiger partial charge in [0.25, 0.3) is 17.3 Å². The quantitative estimate of drug-likeness (QED) is 0.137. The molecule has 14 heteroatoms. The molecule has 0 bridgehead atoms. The lowest BCUT2D eigenvalue weighted by Crippen LogP contribution is -2.99. The Labute approximate surface area is 389 Å². The standard InChI is InChI=1S/C46H100N2Si12/c1-39(2)59(43(51(5,6)7)52(8,9)10,44(53(11,12)13)54(14,15)16)49-47(41-35-31-29-32-36-41)50(48(49)42-37-33-30-34-38-42)60(40(3)4,45(55(17,18)19)56(20,21)22)46(57(23,24)25)58(26,27)28/h29-40,43-46H,1-28H3. The fourth-order valence-corrected chi connectivity index (χ4v) is 197. The van der Waals surface area contributed by atoms with Crippen molar-refractivity contribution >= 4 is 108 Å². The second-order valence-electron chi connectivity index (χ2n) is 28.8. The van der Waals surface area contributed by atoms with Gasteiger partial charge in [-0.05, 0) is 24.3 Å². The van der Waals surface area contributed by atoms with Crippen LogP contribution in [0.4, 0.5) is 11.4 Å². The summed E-state index contributed by atoms with van der Waals surface area (Å²) in [4.78, 5) is 3.78. The number of benzene rings is 2. The van der Waals surface area contributed by atoms with Crippen LogP contribution in [0.2, 0.25) is 187 Å². The van der Waals surface area contributed by atoms with Gasteiger partial charge in [0, 0.05) is 76.0 Å². The third kappa shape index (κ3) is 10.4. The molecule has 1 aliphatic heterocycles. The SMILES string of the molecule is CC(C)[Si](C([Si](C)(C)C)[Si](C)(C)C)(C([Si](C)(C)C)[Si](C)(C)C)[Si]1N(c2ccccc2)[Si]([Si](C(C)C)(C([Si](C)(C)C)[Si](C)(C)C)C([Si](C)(C)C)[Si](C)(C)C)N1c1ccccc1. The van der Waals surface area contributed by atoms with Crippen molar-refractivity contribution in [2.45, 2.75) is 215 Å². The molecule has 3 rings (SSSR count). The maximum absolute atomic E-state index is 3.60. The van der Waals surface area contributed by atoms with Crippen LogP contribution in [0.1, 0.15) is 27.7 Å². The minimum Gasteiger partial charge on any atom is -0.397 e. The number of hydrogen-bond acceptors (Lipinski definition) is 2. The van der Waals surface area contributed by atoms with E-state index in [2.05, 4.69) is 254 Å². The van der Waals surface area contributed by atoms with E-state index in [9.17, 15) is 0 Å². The van der Waals surface area contributed by atoms with Crippen LogP contribution in [0.15, 0.2) is 60.7 Å². The van der Waals surface area contributed by atoms with Crippen LogP contribution in [0.25, 0.3) is 0 Å². The van der Waals surface area contributed by atoms with Gasteiger partial charge in [0.05, 0.1) is 15.2 Å². The van der Waals surface area contributed by atoms with E-state index < -0.39 is 97.0 Å². The Morgan fingerprint density at radius 2 is 0.467 bits per heavy atom. The fourth-order valence-electron chi connectivity index (χ4n) is 16.4. The largest absolute Gasteiger partial charge is 0.397 e. The minimum absolute atomic E-state index is 0.740. The Kier molecular flexibility index (Phi) is 16.5. The molecule has 60 heavy (non-hydrogen) atoms. The lowest BCUT2D eigenvalue weighted by Gasteiger charge is -2.76. The fraction of sp³-hybridized carbons (Fsp3) is 0.739. The van der Waals surface area contributed by atoms with E-state index >= 15 is 0 Å². The molecule has 0 saturated carbocycles. The number of anilines is 2. The molecule has 2 nitrogen and oxygen atoms in total. The third-order valence-electron chi connectivity index (χ3n) is 14.4. The van der Waals surface area contributed by atoms with Crippen molar-refractivity contribution in [1.29, 1.82) is 0 Å². The summed E-state index contributed by atoms with van der Waals surface area (Å²) in [7, 11) is -20.8. The minimum atomic E-state index is -2.30. The molecule has 0 aliphatic carbocycles. The Balaban J connectivity index is 3.03. The molecule has 2 radical (unpaired) electrons. The molecule has 0 spiro atoms. The number of rotatable bonds is 18. The van der Waals surface area contributed by atoms with Gasteiger partial charge in [0.1, 0.15) is 0 Å². The van der Waals surface area contributed by atoms with Gasteiger partial charge >= 0.3 is 0 Å². The summed E-state index contributed by atoms with van der Waals surface area (Å²) in [6.45, 7) is 80.1. The van der Waals surface area contributed by atoms with Crippen molar-refractivity contribution in [1.82, 2.24) is 0 Å². The van der Waals surface area contributed by atoms with Crippen LogP contribution in [0.5, 0.6) is 0 Å². The monoisotopic (exact) mass is 1020 g/mol. The van der Waals surface area contributed by atoms with Gasteiger partial charge in [-0.2, -0.15) is 0 Å². The molecule has 0 amide bonds. The lowest BCUT2D eigenvalue weighted by atomic mass is 10.3. The molecule has 1 saturated heterocycles. The van der Waals surface area contributed by atoms with E-state index in [0.29, 0.717) is 0 Å². The van der Waals surface area contributed by atoms with Crippen molar-refractivity contribution in [2.75, 3.05) is 8.46 Å². The number of hydrogen-bond donors (Lipinski definition) is 0. The zero-order valence-electron chi connectivity index (χ0n) is 45.1. The summed E-state index contributed by atoms with van der Waals surface area (Å²) >= 11 is 0. The van der Waals surface area contributed by atoms with Crippen LogP contribution >= 0.6 is 0 Å². The molecule has 2 aromatic rings. The third-order valence-corrected chi connectivity index (χ3v) is 120. The molecule has 1 fully saturated rings. The van der Waals surface area contributed by atoms with Crippen LogP contribution in [0, 0.1) is 0 Å². The number of nitrogens with zero attached hydrogens (tertiary/aromatic N) is 2. The Morgan fingerprint density at radius 1 is 0.300 bits per heavy atom. The molecule has 0 aromatic heterocycles. The summed E-state index contributed by atoms with van der Waals surface area (Å²) < 4.78 is 7.20. The molecule has 342 valence electrons. The van der Waals surface area contributed by atoms with Gasteiger partial charge in [0.2, 0.25) is 0 Å². The molecule has 0 N–H and O–H groups in total. The van der Waals surface area contributed by atoms with Gasteiger partial charge in [-0.25, -0.2) is 0 Å². The Hall–Kier alpha value is 0.643. The summed E-state index contributed by atoms with van der Waals surface area (Å²) in [5.41, 5.74) is 4.77. The average molecular weight is 1020 g/mol. The van der Waals surface area contributed by atoms with E-state index in [1.54, 1.807) is 11.4 Å². The Bertz CT molecular complexity index is 1440.